The number of carbonyl (C=O) groups excluding carboxylic acids is 2. The van der Waals surface area contributed by atoms with Crippen LogP contribution >= 0.6 is 0 Å². The van der Waals surface area contributed by atoms with Crippen LogP contribution in [0.2, 0.25) is 0 Å². The zero-order chi connectivity index (χ0) is 24.3. The maximum Gasteiger partial charge on any atom is 0.410 e. The molecule has 1 N–H and O–H groups in total. The molecular formula is C25H32N4O5. The van der Waals surface area contributed by atoms with E-state index in [4.69, 9.17) is 14.2 Å². The van der Waals surface area contributed by atoms with E-state index >= 15 is 0 Å². The number of anilines is 2. The van der Waals surface area contributed by atoms with E-state index in [2.05, 4.69) is 15.3 Å². The largest absolute Gasteiger partial charge is 0.465 e. The third-order valence-electron chi connectivity index (χ3n) is 5.97. The first kappa shape index (κ1) is 23.9. The molecule has 4 rings (SSSR count). The van der Waals surface area contributed by atoms with Crippen LogP contribution in [0.25, 0.3) is 0 Å². The summed E-state index contributed by atoms with van der Waals surface area (Å²) in [5.41, 5.74) is 3.44. The number of amides is 1. The summed E-state index contributed by atoms with van der Waals surface area (Å²) in [6.45, 7) is 7.85. The van der Waals surface area contributed by atoms with Crippen molar-refractivity contribution in [1.29, 1.82) is 0 Å². The zero-order valence-electron chi connectivity index (χ0n) is 20.2. The second kappa shape index (κ2) is 9.97. The lowest BCUT2D eigenvalue weighted by molar-refractivity contribution is 0.0220. The van der Waals surface area contributed by atoms with E-state index in [9.17, 15) is 9.59 Å². The van der Waals surface area contributed by atoms with E-state index in [1.165, 1.54) is 7.11 Å². The average molecular weight is 469 g/mol. The number of carbonyl (C=O) groups is 2. The topological polar surface area (TPSA) is 103 Å². The number of esters is 1. The first-order valence-electron chi connectivity index (χ1n) is 11.6. The SMILES string of the molecule is COC(=O)c1cc(Nc2ncc3c(n2)CN(C(=O)OC(C)(C)C)CC3)ccc1C1CCOCC1. The van der Waals surface area contributed by atoms with E-state index in [1.54, 1.807) is 17.2 Å². The summed E-state index contributed by atoms with van der Waals surface area (Å²) in [5, 5.41) is 3.20. The number of hydrogen-bond donors (Lipinski definition) is 1. The van der Waals surface area contributed by atoms with E-state index in [0.29, 0.717) is 49.9 Å². The number of methoxy groups -OCH3 is 1. The normalized spacial score (nSPS) is 16.5. The minimum atomic E-state index is -0.552. The minimum Gasteiger partial charge on any atom is -0.465 e. The number of ether oxygens (including phenoxy) is 3. The van der Waals surface area contributed by atoms with Crippen LogP contribution in [0.15, 0.2) is 24.4 Å². The Bertz CT molecular complexity index is 1060. The fourth-order valence-electron chi connectivity index (χ4n) is 4.26. The molecule has 1 fully saturated rings. The molecule has 1 saturated heterocycles. The molecule has 1 aromatic heterocycles. The van der Waals surface area contributed by atoms with Gasteiger partial charge in [0.2, 0.25) is 5.95 Å². The van der Waals surface area contributed by atoms with Gasteiger partial charge < -0.3 is 24.4 Å². The van der Waals surface area contributed by atoms with Crippen LogP contribution < -0.4 is 5.32 Å². The summed E-state index contributed by atoms with van der Waals surface area (Å²) >= 11 is 0. The summed E-state index contributed by atoms with van der Waals surface area (Å²) in [6.07, 6.45) is 3.85. The van der Waals surface area contributed by atoms with Crippen molar-refractivity contribution in [2.45, 2.75) is 58.1 Å². The molecule has 1 amide bonds. The van der Waals surface area contributed by atoms with Crippen LogP contribution in [-0.2, 0) is 27.2 Å². The first-order chi connectivity index (χ1) is 16.2. The van der Waals surface area contributed by atoms with Crippen LogP contribution in [0.4, 0.5) is 16.4 Å². The molecule has 0 spiro atoms. The molecule has 9 nitrogen and oxygen atoms in total. The van der Waals surface area contributed by atoms with Crippen molar-refractivity contribution in [3.05, 3.63) is 46.8 Å². The van der Waals surface area contributed by atoms with Crippen LogP contribution in [0.5, 0.6) is 0 Å². The number of hydrogen-bond acceptors (Lipinski definition) is 8. The highest BCUT2D eigenvalue weighted by Crippen LogP contribution is 2.32. The molecule has 2 aromatic rings. The third-order valence-corrected chi connectivity index (χ3v) is 5.97. The average Bonchev–Trinajstić information content (AvgIpc) is 2.82. The van der Waals surface area contributed by atoms with Gasteiger partial charge in [-0.15, -0.1) is 0 Å². The monoisotopic (exact) mass is 468 g/mol. The summed E-state index contributed by atoms with van der Waals surface area (Å²) in [7, 11) is 1.39. The van der Waals surface area contributed by atoms with Crippen LogP contribution in [0.1, 0.15) is 66.7 Å². The molecule has 0 unspecified atom stereocenters. The summed E-state index contributed by atoms with van der Waals surface area (Å²) in [4.78, 5) is 35.7. The summed E-state index contributed by atoms with van der Waals surface area (Å²) in [6, 6.07) is 5.67. The molecule has 0 radical (unpaired) electrons. The Hall–Kier alpha value is -3.20. The minimum absolute atomic E-state index is 0.260. The van der Waals surface area contributed by atoms with Gasteiger partial charge >= 0.3 is 12.1 Å². The van der Waals surface area contributed by atoms with Gasteiger partial charge in [0.05, 0.1) is 24.9 Å². The number of rotatable bonds is 4. The number of nitrogens with zero attached hydrogens (tertiary/aromatic N) is 3. The van der Waals surface area contributed by atoms with Crippen molar-refractivity contribution >= 4 is 23.7 Å². The van der Waals surface area contributed by atoms with Gasteiger partial charge in [0.15, 0.2) is 0 Å². The van der Waals surface area contributed by atoms with Crippen molar-refractivity contribution in [1.82, 2.24) is 14.9 Å². The van der Waals surface area contributed by atoms with Gasteiger partial charge in [0.1, 0.15) is 5.60 Å². The molecule has 0 bridgehead atoms. The highest BCUT2D eigenvalue weighted by molar-refractivity contribution is 5.92. The maximum atomic E-state index is 12.5. The van der Waals surface area contributed by atoms with Crippen LogP contribution in [0.3, 0.4) is 0 Å². The lowest BCUT2D eigenvalue weighted by atomic mass is 9.88. The predicted molar refractivity (Wildman–Crippen MR) is 126 cm³/mol. The molecule has 182 valence electrons. The molecule has 0 aliphatic carbocycles. The van der Waals surface area contributed by atoms with Crippen molar-refractivity contribution in [3.63, 3.8) is 0 Å². The fourth-order valence-corrected chi connectivity index (χ4v) is 4.26. The van der Waals surface area contributed by atoms with Gasteiger partial charge in [-0.25, -0.2) is 19.6 Å². The zero-order valence-corrected chi connectivity index (χ0v) is 20.2. The maximum absolute atomic E-state index is 12.5. The van der Waals surface area contributed by atoms with Gasteiger partial charge in [-0.2, -0.15) is 0 Å². The fraction of sp³-hybridized carbons (Fsp3) is 0.520. The Morgan fingerprint density at radius 2 is 1.97 bits per heavy atom. The van der Waals surface area contributed by atoms with Crippen LogP contribution in [0, 0.1) is 0 Å². The van der Waals surface area contributed by atoms with Gasteiger partial charge in [0, 0.05) is 31.6 Å². The molecule has 0 atom stereocenters. The van der Waals surface area contributed by atoms with Crippen LogP contribution in [-0.4, -0.2) is 59.4 Å². The Labute approximate surface area is 199 Å². The van der Waals surface area contributed by atoms with Crippen molar-refractivity contribution in [3.8, 4) is 0 Å². The second-order valence-corrected chi connectivity index (χ2v) is 9.62. The van der Waals surface area contributed by atoms with E-state index in [1.807, 2.05) is 32.9 Å². The number of fused-ring (bicyclic) bond motifs is 1. The number of benzene rings is 1. The predicted octanol–water partition coefficient (Wildman–Crippen LogP) is 4.19. The molecule has 3 heterocycles. The van der Waals surface area contributed by atoms with Gasteiger partial charge in [-0.1, -0.05) is 6.07 Å². The van der Waals surface area contributed by atoms with E-state index < -0.39 is 5.60 Å². The Balaban J connectivity index is 1.52. The van der Waals surface area contributed by atoms with Crippen molar-refractivity contribution in [2.24, 2.45) is 0 Å². The molecule has 0 saturated carbocycles. The highest BCUT2D eigenvalue weighted by Gasteiger charge is 2.27. The lowest BCUT2D eigenvalue weighted by Crippen LogP contribution is -2.40. The smallest absolute Gasteiger partial charge is 0.410 e. The Morgan fingerprint density at radius 1 is 1.21 bits per heavy atom. The molecule has 34 heavy (non-hydrogen) atoms. The molecule has 2 aliphatic heterocycles. The summed E-state index contributed by atoms with van der Waals surface area (Å²) < 4.78 is 16.0. The third kappa shape index (κ3) is 5.64. The Kier molecular flexibility index (Phi) is 7.02. The molecule has 9 heteroatoms. The van der Waals surface area contributed by atoms with Gasteiger partial charge in [0.25, 0.3) is 0 Å². The standard InChI is InChI=1S/C25H32N4O5/c1-25(2,3)34-24(31)29-10-7-17-14-26-23(28-21(17)15-29)27-18-5-6-19(16-8-11-33-12-9-16)20(13-18)22(30)32-4/h5-6,13-14,16H,7-12,15H2,1-4H3,(H,26,27,28). The lowest BCUT2D eigenvalue weighted by Gasteiger charge is -2.30. The molecular weight excluding hydrogens is 436 g/mol. The van der Waals surface area contributed by atoms with Crippen molar-refractivity contribution < 1.29 is 23.8 Å². The van der Waals surface area contributed by atoms with Crippen molar-refractivity contribution in [2.75, 3.05) is 32.2 Å². The quantitative estimate of drug-likeness (QED) is 0.666. The Morgan fingerprint density at radius 3 is 2.68 bits per heavy atom. The molecule has 2 aliphatic rings. The van der Waals surface area contributed by atoms with Gasteiger partial charge in [-0.05, 0) is 69.2 Å². The first-order valence-corrected chi connectivity index (χ1v) is 11.6. The van der Waals surface area contributed by atoms with E-state index in [0.717, 1.165) is 29.7 Å². The second-order valence-electron chi connectivity index (χ2n) is 9.62. The van der Waals surface area contributed by atoms with Gasteiger partial charge in [-0.3, -0.25) is 0 Å². The molecule has 1 aromatic carbocycles. The number of aromatic nitrogens is 2. The van der Waals surface area contributed by atoms with E-state index in [-0.39, 0.29) is 18.0 Å². The summed E-state index contributed by atoms with van der Waals surface area (Å²) in [5.74, 6) is 0.291. The number of nitrogens with one attached hydrogen (secondary N) is 1. The highest BCUT2D eigenvalue weighted by atomic mass is 16.6.